The van der Waals surface area contributed by atoms with Crippen LogP contribution in [0.1, 0.15) is 39.5 Å². The Bertz CT molecular complexity index is 391. The van der Waals surface area contributed by atoms with Gasteiger partial charge in [-0.2, -0.15) is 0 Å². The molecule has 0 aromatic heterocycles. The van der Waals surface area contributed by atoms with Crippen LogP contribution in [0.25, 0.3) is 0 Å². The maximum absolute atomic E-state index is 11.2. The molecule has 0 unspecified atom stereocenters. The quantitative estimate of drug-likeness (QED) is 0.166. The van der Waals surface area contributed by atoms with Crippen molar-refractivity contribution in [2.24, 2.45) is 4.99 Å². The Morgan fingerprint density at radius 2 is 1.61 bits per heavy atom. The number of rotatable bonds is 13. The van der Waals surface area contributed by atoms with Crippen LogP contribution in [0.15, 0.2) is 4.99 Å². The zero-order valence-corrected chi connectivity index (χ0v) is 17.7. The molecule has 23 heavy (non-hydrogen) atoms. The van der Waals surface area contributed by atoms with Gasteiger partial charge < -0.3 is 15.4 Å². The van der Waals surface area contributed by atoms with E-state index in [1.54, 1.807) is 14.0 Å². The first-order valence-electron chi connectivity index (χ1n) is 8.05. The highest BCUT2D eigenvalue weighted by atomic mass is 127. The third-order valence-electron chi connectivity index (χ3n) is 2.97. The Morgan fingerprint density at radius 3 is 2.17 bits per heavy atom. The van der Waals surface area contributed by atoms with Crippen molar-refractivity contribution < 1.29 is 13.2 Å². The average Bonchev–Trinajstić information content (AvgIpc) is 2.51. The van der Waals surface area contributed by atoms with Crippen molar-refractivity contribution in [2.45, 2.75) is 39.5 Å². The topological polar surface area (TPSA) is 91.8 Å². The lowest BCUT2D eigenvalue weighted by Crippen LogP contribution is -2.39. The van der Waals surface area contributed by atoms with Gasteiger partial charge in [-0.3, -0.25) is 4.99 Å². The number of unbranched alkanes of at least 4 members (excludes halogenated alkanes) is 1. The van der Waals surface area contributed by atoms with Gasteiger partial charge in [-0.15, -0.1) is 24.0 Å². The van der Waals surface area contributed by atoms with E-state index in [-0.39, 0.29) is 29.7 Å². The van der Waals surface area contributed by atoms with E-state index in [1.165, 1.54) is 0 Å². The van der Waals surface area contributed by atoms with Gasteiger partial charge in [-0.25, -0.2) is 13.1 Å². The number of halogens is 1. The largest absolute Gasteiger partial charge is 0.381 e. The van der Waals surface area contributed by atoms with E-state index in [2.05, 4.69) is 27.3 Å². The van der Waals surface area contributed by atoms with Crippen molar-refractivity contribution in [3.63, 3.8) is 0 Å². The summed E-state index contributed by atoms with van der Waals surface area (Å²) >= 11 is 0. The first-order chi connectivity index (χ1) is 10.6. The predicted octanol–water partition coefficient (Wildman–Crippen LogP) is 1.31. The van der Waals surface area contributed by atoms with Crippen molar-refractivity contribution in [3.05, 3.63) is 0 Å². The minimum Gasteiger partial charge on any atom is -0.381 e. The molecule has 0 atom stereocenters. The maximum Gasteiger partial charge on any atom is 0.211 e. The van der Waals surface area contributed by atoms with E-state index in [1.807, 2.05) is 0 Å². The second kappa shape index (κ2) is 16.7. The highest BCUT2D eigenvalue weighted by molar-refractivity contribution is 14.0. The van der Waals surface area contributed by atoms with Crippen LogP contribution in [-0.2, 0) is 14.8 Å². The summed E-state index contributed by atoms with van der Waals surface area (Å²) in [7, 11) is -1.38. The van der Waals surface area contributed by atoms with Crippen molar-refractivity contribution in [2.75, 3.05) is 45.6 Å². The van der Waals surface area contributed by atoms with Gasteiger partial charge >= 0.3 is 0 Å². The normalized spacial score (nSPS) is 11.9. The van der Waals surface area contributed by atoms with Crippen LogP contribution >= 0.6 is 24.0 Å². The maximum atomic E-state index is 11.2. The van der Waals surface area contributed by atoms with Gasteiger partial charge in [-0.1, -0.05) is 13.3 Å². The lowest BCUT2D eigenvalue weighted by atomic mass is 10.4. The number of nitrogens with zero attached hydrogens (tertiary/aromatic N) is 1. The van der Waals surface area contributed by atoms with Crippen LogP contribution < -0.4 is 15.4 Å². The zero-order chi connectivity index (χ0) is 16.7. The number of hydrogen-bond donors (Lipinski definition) is 3. The number of nitrogens with one attached hydrogen (secondary N) is 3. The standard InChI is InChI=1S/C14H32N4O3S.HI/c1-4-6-12-21-13-8-10-17-14(15-3)16-9-7-11-18-22(19,20)5-2;/h18H,4-13H2,1-3H3,(H2,15,16,17);1H. The Balaban J connectivity index is 0. The summed E-state index contributed by atoms with van der Waals surface area (Å²) < 4.78 is 30.5. The second-order valence-corrected chi connectivity index (χ2v) is 6.99. The van der Waals surface area contributed by atoms with E-state index in [9.17, 15) is 8.42 Å². The van der Waals surface area contributed by atoms with Gasteiger partial charge in [0.05, 0.1) is 5.75 Å². The van der Waals surface area contributed by atoms with Crippen molar-refractivity contribution in [1.82, 2.24) is 15.4 Å². The SMILES string of the molecule is CCCCOCCCNC(=NC)NCCCNS(=O)(=O)CC.I. The molecule has 0 aliphatic carbocycles. The average molecular weight is 464 g/mol. The molecule has 140 valence electrons. The highest BCUT2D eigenvalue weighted by Crippen LogP contribution is 1.89. The molecule has 3 N–H and O–H groups in total. The molecule has 0 radical (unpaired) electrons. The minimum absolute atomic E-state index is 0. The Hall–Kier alpha value is -0.130. The van der Waals surface area contributed by atoms with Crippen LogP contribution in [-0.4, -0.2) is 60.0 Å². The van der Waals surface area contributed by atoms with Crippen LogP contribution in [0.3, 0.4) is 0 Å². The summed E-state index contributed by atoms with van der Waals surface area (Å²) in [5.41, 5.74) is 0. The molecule has 0 heterocycles. The van der Waals surface area contributed by atoms with Gasteiger partial charge in [0.1, 0.15) is 0 Å². The molecular formula is C14H33IN4O3S. The van der Waals surface area contributed by atoms with Crippen LogP contribution in [0.2, 0.25) is 0 Å². The molecular weight excluding hydrogens is 431 g/mol. The molecule has 0 saturated heterocycles. The van der Waals surface area contributed by atoms with E-state index in [4.69, 9.17) is 4.74 Å². The highest BCUT2D eigenvalue weighted by Gasteiger charge is 2.04. The Kier molecular flexibility index (Phi) is 18.3. The molecule has 0 rings (SSSR count). The number of ether oxygens (including phenoxy) is 1. The monoisotopic (exact) mass is 464 g/mol. The molecule has 0 aromatic carbocycles. The molecule has 0 bridgehead atoms. The first-order valence-corrected chi connectivity index (χ1v) is 9.70. The number of hydrogen-bond acceptors (Lipinski definition) is 4. The van der Waals surface area contributed by atoms with Gasteiger partial charge in [0.25, 0.3) is 0 Å². The molecule has 0 aromatic rings. The summed E-state index contributed by atoms with van der Waals surface area (Å²) in [6, 6.07) is 0. The summed E-state index contributed by atoms with van der Waals surface area (Å²) in [5.74, 6) is 0.844. The van der Waals surface area contributed by atoms with E-state index >= 15 is 0 Å². The third-order valence-corrected chi connectivity index (χ3v) is 4.38. The molecule has 9 heteroatoms. The fourth-order valence-electron chi connectivity index (χ4n) is 1.58. The lowest BCUT2D eigenvalue weighted by molar-refractivity contribution is 0.129. The van der Waals surface area contributed by atoms with Gasteiger partial charge in [0, 0.05) is 39.9 Å². The summed E-state index contributed by atoms with van der Waals surface area (Å²) in [6.45, 7) is 7.25. The number of sulfonamides is 1. The third kappa shape index (κ3) is 16.5. The molecule has 0 fully saturated rings. The van der Waals surface area contributed by atoms with Crippen LogP contribution in [0, 0.1) is 0 Å². The molecule has 7 nitrogen and oxygen atoms in total. The van der Waals surface area contributed by atoms with Crippen LogP contribution in [0.4, 0.5) is 0 Å². The Morgan fingerprint density at radius 1 is 1.00 bits per heavy atom. The second-order valence-electron chi connectivity index (χ2n) is 4.90. The molecule has 0 aliphatic rings. The molecule has 0 saturated carbocycles. The number of aliphatic imine (C=N–C) groups is 1. The molecule has 0 spiro atoms. The van der Waals surface area contributed by atoms with Crippen molar-refractivity contribution in [3.8, 4) is 0 Å². The predicted molar refractivity (Wildman–Crippen MR) is 107 cm³/mol. The van der Waals surface area contributed by atoms with Gasteiger partial charge in [-0.05, 0) is 26.2 Å². The molecule has 0 amide bonds. The zero-order valence-electron chi connectivity index (χ0n) is 14.6. The number of guanidine groups is 1. The fourth-order valence-corrected chi connectivity index (χ4v) is 2.23. The van der Waals surface area contributed by atoms with Crippen molar-refractivity contribution >= 4 is 40.0 Å². The summed E-state index contributed by atoms with van der Waals surface area (Å²) in [5, 5.41) is 6.35. The first kappa shape index (κ1) is 25.1. The van der Waals surface area contributed by atoms with Gasteiger partial charge in [0.15, 0.2) is 5.96 Å². The molecule has 0 aliphatic heterocycles. The van der Waals surface area contributed by atoms with E-state index in [0.717, 1.165) is 45.0 Å². The van der Waals surface area contributed by atoms with E-state index < -0.39 is 10.0 Å². The lowest BCUT2D eigenvalue weighted by Gasteiger charge is -2.12. The fraction of sp³-hybridized carbons (Fsp3) is 0.929. The van der Waals surface area contributed by atoms with Crippen molar-refractivity contribution in [1.29, 1.82) is 0 Å². The minimum atomic E-state index is -3.09. The van der Waals surface area contributed by atoms with E-state index in [0.29, 0.717) is 19.5 Å². The summed E-state index contributed by atoms with van der Waals surface area (Å²) in [6.07, 6.45) is 3.91. The Labute approximate surface area is 158 Å². The van der Waals surface area contributed by atoms with Gasteiger partial charge in [0.2, 0.25) is 10.0 Å². The smallest absolute Gasteiger partial charge is 0.211 e. The summed E-state index contributed by atoms with van der Waals surface area (Å²) in [4.78, 5) is 4.11. The van der Waals surface area contributed by atoms with Crippen LogP contribution in [0.5, 0.6) is 0 Å².